The summed E-state index contributed by atoms with van der Waals surface area (Å²) in [7, 11) is -3.41. The Hall–Kier alpha value is -0.690. The topological polar surface area (TPSA) is 49.4 Å². The van der Waals surface area contributed by atoms with Crippen LogP contribution in [-0.2, 0) is 16.6 Å². The van der Waals surface area contributed by atoms with Crippen LogP contribution in [0.1, 0.15) is 37.6 Å². The van der Waals surface area contributed by atoms with Crippen molar-refractivity contribution in [3.05, 3.63) is 29.2 Å². The highest BCUT2D eigenvalue weighted by atomic mass is 32.2. The minimum absolute atomic E-state index is 0.354. The van der Waals surface area contributed by atoms with Gasteiger partial charge in [-0.1, -0.05) is 26.8 Å². The van der Waals surface area contributed by atoms with Crippen LogP contribution in [0.5, 0.6) is 0 Å². The lowest BCUT2D eigenvalue weighted by atomic mass is 10.3. The number of thiophene rings is 1. The molecule has 0 fully saturated rings. The maximum atomic E-state index is 12.7. The highest BCUT2D eigenvalue weighted by molar-refractivity contribution is 7.91. The van der Waals surface area contributed by atoms with Gasteiger partial charge in [0, 0.05) is 30.6 Å². The van der Waals surface area contributed by atoms with E-state index in [9.17, 15) is 8.42 Å². The summed E-state index contributed by atoms with van der Waals surface area (Å²) < 4.78 is 27.3. The molecule has 0 saturated heterocycles. The third-order valence-electron chi connectivity index (χ3n) is 3.07. The molecule has 1 aromatic heterocycles. The first-order valence-corrected chi connectivity index (χ1v) is 9.52. The average Bonchev–Trinajstić information content (AvgIpc) is 2.78. The molecule has 0 atom stereocenters. The van der Waals surface area contributed by atoms with E-state index in [1.54, 1.807) is 12.1 Å². The van der Waals surface area contributed by atoms with Crippen molar-refractivity contribution in [2.45, 2.75) is 50.9 Å². The van der Waals surface area contributed by atoms with Crippen molar-refractivity contribution < 1.29 is 8.42 Å². The van der Waals surface area contributed by atoms with Crippen molar-refractivity contribution in [1.29, 1.82) is 0 Å². The Balaban J connectivity index is 3.02. The van der Waals surface area contributed by atoms with Crippen LogP contribution in [0.3, 0.4) is 0 Å². The lowest BCUT2D eigenvalue weighted by molar-refractivity contribution is 0.443. The van der Waals surface area contributed by atoms with Crippen molar-refractivity contribution >= 4 is 21.4 Å². The molecule has 0 aliphatic carbocycles. The van der Waals surface area contributed by atoms with E-state index >= 15 is 0 Å². The Morgan fingerprint density at radius 2 is 2.14 bits per heavy atom. The Kier molecular flexibility index (Phi) is 7.06. The maximum absolute atomic E-state index is 12.7. The third kappa shape index (κ3) is 4.92. The van der Waals surface area contributed by atoms with Gasteiger partial charge in [0.2, 0.25) is 0 Å². The quantitative estimate of drug-likeness (QED) is 0.708. The molecule has 0 aliphatic rings. The van der Waals surface area contributed by atoms with E-state index in [4.69, 9.17) is 0 Å². The summed E-state index contributed by atoms with van der Waals surface area (Å²) in [5.41, 5.74) is 1.03. The minimum atomic E-state index is -3.41. The van der Waals surface area contributed by atoms with Gasteiger partial charge in [-0.05, 0) is 25.0 Å². The maximum Gasteiger partial charge on any atom is 0.252 e. The number of hydrogen-bond acceptors (Lipinski definition) is 4. The predicted octanol–water partition coefficient (Wildman–Crippen LogP) is 3.14. The molecule has 0 aliphatic heterocycles. The molecule has 21 heavy (non-hydrogen) atoms. The minimum Gasteiger partial charge on any atom is -0.310 e. The second-order valence-corrected chi connectivity index (χ2v) is 8.66. The molecule has 1 heterocycles. The zero-order chi connectivity index (χ0) is 16.0. The number of hydrogen-bond donors (Lipinski definition) is 1. The summed E-state index contributed by atoms with van der Waals surface area (Å²) in [6.45, 7) is 13.3. The van der Waals surface area contributed by atoms with Crippen LogP contribution in [0, 0.1) is 6.92 Å². The number of rotatable bonds is 9. The van der Waals surface area contributed by atoms with Gasteiger partial charge in [0.15, 0.2) is 0 Å². The first kappa shape index (κ1) is 18.4. The molecule has 0 unspecified atom stereocenters. The standard InChI is InChI=1S/C15H26N2O2S2/c1-6-8-17(9-7-2)21(18,19)15-10-13(5)14(20-15)11-16-12(3)4/h6,10,12,16H,1,7-9,11H2,2-5H3. The van der Waals surface area contributed by atoms with Gasteiger partial charge in [-0.3, -0.25) is 0 Å². The molecular weight excluding hydrogens is 304 g/mol. The molecule has 0 aromatic carbocycles. The SMILES string of the molecule is C=CCN(CCC)S(=O)(=O)c1cc(C)c(CNC(C)C)s1. The highest BCUT2D eigenvalue weighted by Gasteiger charge is 2.25. The Labute approximate surface area is 132 Å². The van der Waals surface area contributed by atoms with Crippen LogP contribution in [0.4, 0.5) is 0 Å². The summed E-state index contributed by atoms with van der Waals surface area (Å²) in [6, 6.07) is 2.16. The monoisotopic (exact) mass is 330 g/mol. The lowest BCUT2D eigenvalue weighted by Crippen LogP contribution is -2.31. The average molecular weight is 331 g/mol. The van der Waals surface area contributed by atoms with Gasteiger partial charge in [0.1, 0.15) is 4.21 Å². The molecule has 1 aromatic rings. The fourth-order valence-corrected chi connectivity index (χ4v) is 5.12. The van der Waals surface area contributed by atoms with Gasteiger partial charge in [-0.25, -0.2) is 8.42 Å². The second-order valence-electron chi connectivity index (χ2n) is 5.36. The van der Waals surface area contributed by atoms with E-state index in [1.807, 2.05) is 13.8 Å². The first-order chi connectivity index (χ1) is 9.82. The van der Waals surface area contributed by atoms with Crippen molar-refractivity contribution in [2.24, 2.45) is 0 Å². The van der Waals surface area contributed by atoms with Crippen LogP contribution >= 0.6 is 11.3 Å². The fraction of sp³-hybridized carbons (Fsp3) is 0.600. The van der Waals surface area contributed by atoms with Gasteiger partial charge in [0.25, 0.3) is 10.0 Å². The molecule has 0 radical (unpaired) electrons. The van der Waals surface area contributed by atoms with Gasteiger partial charge < -0.3 is 5.32 Å². The number of aryl methyl sites for hydroxylation is 1. The van der Waals surface area contributed by atoms with E-state index in [-0.39, 0.29) is 0 Å². The van der Waals surface area contributed by atoms with Gasteiger partial charge >= 0.3 is 0 Å². The van der Waals surface area contributed by atoms with E-state index < -0.39 is 10.0 Å². The van der Waals surface area contributed by atoms with Crippen molar-refractivity contribution in [3.63, 3.8) is 0 Å². The zero-order valence-electron chi connectivity index (χ0n) is 13.3. The lowest BCUT2D eigenvalue weighted by Gasteiger charge is -2.18. The Morgan fingerprint density at radius 3 is 2.67 bits per heavy atom. The van der Waals surface area contributed by atoms with E-state index in [1.165, 1.54) is 15.6 Å². The smallest absolute Gasteiger partial charge is 0.252 e. The van der Waals surface area contributed by atoms with Crippen molar-refractivity contribution in [2.75, 3.05) is 13.1 Å². The summed E-state index contributed by atoms with van der Waals surface area (Å²) in [5, 5.41) is 3.33. The first-order valence-electron chi connectivity index (χ1n) is 7.26. The van der Waals surface area contributed by atoms with E-state index in [0.29, 0.717) is 29.9 Å². The molecule has 6 heteroatoms. The van der Waals surface area contributed by atoms with Gasteiger partial charge in [0.05, 0.1) is 0 Å². The van der Waals surface area contributed by atoms with Crippen LogP contribution in [0.25, 0.3) is 0 Å². The molecule has 0 bridgehead atoms. The zero-order valence-corrected chi connectivity index (χ0v) is 15.0. The third-order valence-corrected chi connectivity index (χ3v) is 6.62. The van der Waals surface area contributed by atoms with Crippen LogP contribution < -0.4 is 5.32 Å². The van der Waals surface area contributed by atoms with Crippen molar-refractivity contribution in [1.82, 2.24) is 9.62 Å². The molecule has 1 N–H and O–H groups in total. The summed E-state index contributed by atoms with van der Waals surface area (Å²) in [4.78, 5) is 1.08. The van der Waals surface area contributed by atoms with E-state index in [2.05, 4.69) is 25.7 Å². The molecule has 0 spiro atoms. The number of sulfonamides is 1. The predicted molar refractivity (Wildman–Crippen MR) is 90.3 cm³/mol. The number of nitrogens with zero attached hydrogens (tertiary/aromatic N) is 1. The highest BCUT2D eigenvalue weighted by Crippen LogP contribution is 2.28. The Bertz CT molecular complexity index is 562. The largest absolute Gasteiger partial charge is 0.310 e. The second kappa shape index (κ2) is 8.08. The summed E-state index contributed by atoms with van der Waals surface area (Å²) >= 11 is 1.36. The van der Waals surface area contributed by atoms with E-state index in [0.717, 1.165) is 16.9 Å². The Morgan fingerprint density at radius 1 is 1.48 bits per heavy atom. The molecule has 4 nitrogen and oxygen atoms in total. The van der Waals surface area contributed by atoms with Gasteiger partial charge in [-0.15, -0.1) is 17.9 Å². The molecular formula is C15H26N2O2S2. The molecule has 0 amide bonds. The number of nitrogens with one attached hydrogen (secondary N) is 1. The van der Waals surface area contributed by atoms with Crippen LogP contribution in [0.15, 0.2) is 22.9 Å². The normalized spacial score (nSPS) is 12.3. The molecule has 1 rings (SSSR count). The van der Waals surface area contributed by atoms with Gasteiger partial charge in [-0.2, -0.15) is 4.31 Å². The van der Waals surface area contributed by atoms with Crippen LogP contribution in [-0.4, -0.2) is 31.9 Å². The summed E-state index contributed by atoms with van der Waals surface area (Å²) in [5.74, 6) is 0. The molecule has 120 valence electrons. The molecule has 0 saturated carbocycles. The van der Waals surface area contributed by atoms with Crippen LogP contribution in [0.2, 0.25) is 0 Å². The summed E-state index contributed by atoms with van der Waals surface area (Å²) in [6.07, 6.45) is 2.42. The fourth-order valence-electron chi connectivity index (χ4n) is 1.92. The van der Waals surface area contributed by atoms with Crippen molar-refractivity contribution in [3.8, 4) is 0 Å².